The molecule has 0 amide bonds. The second kappa shape index (κ2) is 8.47. The maximum atomic E-state index is 5.22. The molecule has 158 valence electrons. The molecule has 4 aromatic heterocycles. The molecule has 0 atom stereocenters. The lowest BCUT2D eigenvalue weighted by atomic mass is 10.1. The molecule has 1 aromatic carbocycles. The Labute approximate surface area is 185 Å². The zero-order valence-electron chi connectivity index (χ0n) is 17.9. The molecule has 5 aromatic rings. The number of nitrogens with one attached hydrogen (secondary N) is 1. The summed E-state index contributed by atoms with van der Waals surface area (Å²) in [5.74, 6) is 1.38. The SMILES string of the molecule is COc1ccc(CNc2nccc(-c3c(-c4cccc(C)n4)nc4ccccn34)n2)cc1. The van der Waals surface area contributed by atoms with E-state index < -0.39 is 0 Å². The first-order valence-corrected chi connectivity index (χ1v) is 10.3. The number of pyridine rings is 2. The zero-order chi connectivity index (χ0) is 21.9. The standard InChI is InChI=1S/C25H22N6O/c1-17-6-5-7-20(28-17)23-24(31-15-4-3-8-22(31)30-23)21-13-14-26-25(29-21)27-16-18-9-11-19(32-2)12-10-18/h3-15H,16H2,1-2H3,(H,26,27,29). The molecule has 32 heavy (non-hydrogen) atoms. The summed E-state index contributed by atoms with van der Waals surface area (Å²) in [5.41, 5.74) is 6.15. The van der Waals surface area contributed by atoms with Crippen molar-refractivity contribution in [2.45, 2.75) is 13.5 Å². The number of hydrogen-bond donors (Lipinski definition) is 1. The van der Waals surface area contributed by atoms with Crippen molar-refractivity contribution in [2.75, 3.05) is 12.4 Å². The van der Waals surface area contributed by atoms with E-state index in [1.807, 2.05) is 84.3 Å². The topological polar surface area (TPSA) is 77.2 Å². The second-order valence-corrected chi connectivity index (χ2v) is 7.37. The molecular formula is C25H22N6O. The third kappa shape index (κ3) is 3.88. The van der Waals surface area contributed by atoms with Gasteiger partial charge in [0.15, 0.2) is 0 Å². The van der Waals surface area contributed by atoms with Gasteiger partial charge in [-0.15, -0.1) is 0 Å². The molecule has 7 heteroatoms. The molecule has 0 aliphatic rings. The van der Waals surface area contributed by atoms with E-state index in [2.05, 4.69) is 10.3 Å². The first kappa shape index (κ1) is 19.7. The largest absolute Gasteiger partial charge is 0.497 e. The fourth-order valence-corrected chi connectivity index (χ4v) is 3.59. The van der Waals surface area contributed by atoms with Crippen LogP contribution < -0.4 is 10.1 Å². The molecule has 1 N–H and O–H groups in total. The molecule has 0 fully saturated rings. The van der Waals surface area contributed by atoms with E-state index in [1.165, 1.54) is 0 Å². The molecule has 7 nitrogen and oxygen atoms in total. The van der Waals surface area contributed by atoms with Crippen molar-refractivity contribution in [3.63, 3.8) is 0 Å². The Morgan fingerprint density at radius 3 is 2.56 bits per heavy atom. The van der Waals surface area contributed by atoms with Gasteiger partial charge in [0.1, 0.15) is 22.8 Å². The Morgan fingerprint density at radius 1 is 0.875 bits per heavy atom. The summed E-state index contributed by atoms with van der Waals surface area (Å²) in [6.45, 7) is 2.58. The minimum atomic E-state index is 0.548. The van der Waals surface area contributed by atoms with Gasteiger partial charge in [0.25, 0.3) is 0 Å². The van der Waals surface area contributed by atoms with E-state index in [-0.39, 0.29) is 0 Å². The van der Waals surface area contributed by atoms with Crippen molar-refractivity contribution in [3.8, 4) is 28.5 Å². The lowest BCUT2D eigenvalue weighted by molar-refractivity contribution is 0.414. The van der Waals surface area contributed by atoms with E-state index in [4.69, 9.17) is 19.7 Å². The summed E-state index contributed by atoms with van der Waals surface area (Å²) >= 11 is 0. The fourth-order valence-electron chi connectivity index (χ4n) is 3.59. The highest BCUT2D eigenvalue weighted by Crippen LogP contribution is 2.31. The van der Waals surface area contributed by atoms with Gasteiger partial charge in [-0.1, -0.05) is 24.3 Å². The minimum Gasteiger partial charge on any atom is -0.497 e. The molecule has 0 radical (unpaired) electrons. The number of nitrogens with zero attached hydrogens (tertiary/aromatic N) is 5. The van der Waals surface area contributed by atoms with Crippen LogP contribution in [0.25, 0.3) is 28.4 Å². The number of aryl methyl sites for hydroxylation is 1. The van der Waals surface area contributed by atoms with Crippen LogP contribution in [0.2, 0.25) is 0 Å². The van der Waals surface area contributed by atoms with Crippen LogP contribution in [-0.2, 0) is 6.54 Å². The van der Waals surface area contributed by atoms with Gasteiger partial charge < -0.3 is 10.1 Å². The minimum absolute atomic E-state index is 0.548. The van der Waals surface area contributed by atoms with Crippen molar-refractivity contribution in [1.82, 2.24) is 24.3 Å². The lowest BCUT2D eigenvalue weighted by Crippen LogP contribution is -2.04. The van der Waals surface area contributed by atoms with Crippen molar-refractivity contribution in [2.24, 2.45) is 0 Å². The normalized spacial score (nSPS) is 10.9. The van der Waals surface area contributed by atoms with E-state index in [1.54, 1.807) is 13.3 Å². The number of rotatable bonds is 6. The van der Waals surface area contributed by atoms with Gasteiger partial charge in [-0.25, -0.2) is 15.0 Å². The lowest BCUT2D eigenvalue weighted by Gasteiger charge is -2.09. The Kier molecular flexibility index (Phi) is 5.21. The Hall–Kier alpha value is -4.26. The maximum absolute atomic E-state index is 5.22. The monoisotopic (exact) mass is 422 g/mol. The van der Waals surface area contributed by atoms with Crippen LogP contribution in [0.5, 0.6) is 5.75 Å². The highest BCUT2D eigenvalue weighted by molar-refractivity contribution is 5.79. The second-order valence-electron chi connectivity index (χ2n) is 7.37. The molecule has 0 unspecified atom stereocenters. The predicted molar refractivity (Wildman–Crippen MR) is 125 cm³/mol. The molecule has 0 aliphatic carbocycles. The molecule has 0 spiro atoms. The number of hydrogen-bond acceptors (Lipinski definition) is 6. The average Bonchev–Trinajstić information content (AvgIpc) is 3.23. The quantitative estimate of drug-likeness (QED) is 0.424. The van der Waals surface area contributed by atoms with Crippen LogP contribution in [0, 0.1) is 6.92 Å². The number of fused-ring (bicyclic) bond motifs is 1. The summed E-state index contributed by atoms with van der Waals surface area (Å²) in [7, 11) is 1.66. The fraction of sp³-hybridized carbons (Fsp3) is 0.120. The van der Waals surface area contributed by atoms with Gasteiger partial charge in [0, 0.05) is 24.6 Å². The summed E-state index contributed by atoms with van der Waals surface area (Å²) in [4.78, 5) is 18.7. The van der Waals surface area contributed by atoms with Gasteiger partial charge in [-0.2, -0.15) is 0 Å². The number of aromatic nitrogens is 5. The molecule has 5 rings (SSSR count). The van der Waals surface area contributed by atoms with Gasteiger partial charge in [0.2, 0.25) is 5.95 Å². The van der Waals surface area contributed by atoms with Gasteiger partial charge in [-0.3, -0.25) is 9.38 Å². The molecule has 0 aliphatic heterocycles. The zero-order valence-corrected chi connectivity index (χ0v) is 17.9. The van der Waals surface area contributed by atoms with Crippen LogP contribution in [0.3, 0.4) is 0 Å². The summed E-state index contributed by atoms with van der Waals surface area (Å²) in [6, 6.07) is 21.7. The summed E-state index contributed by atoms with van der Waals surface area (Å²) in [5, 5.41) is 3.31. The van der Waals surface area contributed by atoms with Crippen molar-refractivity contribution in [3.05, 3.63) is 90.4 Å². The van der Waals surface area contributed by atoms with Crippen molar-refractivity contribution < 1.29 is 4.74 Å². The Balaban J connectivity index is 1.52. The van der Waals surface area contributed by atoms with Gasteiger partial charge >= 0.3 is 0 Å². The van der Waals surface area contributed by atoms with E-state index in [0.29, 0.717) is 12.5 Å². The van der Waals surface area contributed by atoms with Crippen molar-refractivity contribution >= 4 is 11.6 Å². The van der Waals surface area contributed by atoms with E-state index >= 15 is 0 Å². The predicted octanol–water partition coefficient (Wildman–Crippen LogP) is 4.78. The summed E-state index contributed by atoms with van der Waals surface area (Å²) in [6.07, 6.45) is 3.75. The number of methoxy groups -OCH3 is 1. The van der Waals surface area contributed by atoms with Crippen LogP contribution in [0.1, 0.15) is 11.3 Å². The number of imidazole rings is 1. The van der Waals surface area contributed by atoms with Crippen LogP contribution >= 0.6 is 0 Å². The molecular weight excluding hydrogens is 400 g/mol. The molecule has 0 saturated carbocycles. The van der Waals surface area contributed by atoms with Crippen LogP contribution in [-0.4, -0.2) is 31.4 Å². The number of ether oxygens (including phenoxy) is 1. The molecule has 0 saturated heterocycles. The summed E-state index contributed by atoms with van der Waals surface area (Å²) < 4.78 is 7.26. The van der Waals surface area contributed by atoms with E-state index in [0.717, 1.165) is 45.4 Å². The smallest absolute Gasteiger partial charge is 0.223 e. The van der Waals surface area contributed by atoms with Gasteiger partial charge in [-0.05, 0) is 55.0 Å². The highest BCUT2D eigenvalue weighted by Gasteiger charge is 2.18. The van der Waals surface area contributed by atoms with Gasteiger partial charge in [0.05, 0.1) is 18.5 Å². The Morgan fingerprint density at radius 2 is 1.75 bits per heavy atom. The highest BCUT2D eigenvalue weighted by atomic mass is 16.5. The Bertz CT molecular complexity index is 1380. The number of benzene rings is 1. The van der Waals surface area contributed by atoms with Crippen LogP contribution in [0.15, 0.2) is 79.1 Å². The third-order valence-corrected chi connectivity index (χ3v) is 5.17. The first-order chi connectivity index (χ1) is 15.7. The first-order valence-electron chi connectivity index (χ1n) is 10.3. The van der Waals surface area contributed by atoms with E-state index in [9.17, 15) is 0 Å². The maximum Gasteiger partial charge on any atom is 0.223 e. The average molecular weight is 422 g/mol. The third-order valence-electron chi connectivity index (χ3n) is 5.17. The van der Waals surface area contributed by atoms with Crippen LogP contribution in [0.4, 0.5) is 5.95 Å². The van der Waals surface area contributed by atoms with Crippen molar-refractivity contribution in [1.29, 1.82) is 0 Å². The number of anilines is 1. The molecule has 0 bridgehead atoms. The molecule has 4 heterocycles.